The predicted octanol–water partition coefficient (Wildman–Crippen LogP) is 12.9. The third-order valence-electron chi connectivity index (χ3n) is 10.3. The Labute approximate surface area is 304 Å². The van der Waals surface area contributed by atoms with Gasteiger partial charge in [-0.15, -0.1) is 0 Å². The number of benzene rings is 8. The van der Waals surface area contributed by atoms with Gasteiger partial charge >= 0.3 is 0 Å². The number of anilines is 3. The van der Waals surface area contributed by atoms with Gasteiger partial charge in [-0.3, -0.25) is 4.57 Å². The SMILES string of the molecule is c1ccc(-c2nc(-n3c4ccc(N(c5ccccc5)c5ccccc5)cc4c4c5ccccc5ccc43)c3oc4cc5ccccc5cc4c3n2)cc1. The first kappa shape index (κ1) is 29.5. The van der Waals surface area contributed by atoms with Crippen LogP contribution in [0.4, 0.5) is 17.1 Å². The second-order valence-electron chi connectivity index (χ2n) is 13.4. The molecule has 0 saturated heterocycles. The molecule has 3 heterocycles. The summed E-state index contributed by atoms with van der Waals surface area (Å²) >= 11 is 0. The largest absolute Gasteiger partial charge is 0.450 e. The quantitative estimate of drug-likeness (QED) is 0.182. The fourth-order valence-electron chi connectivity index (χ4n) is 7.93. The van der Waals surface area contributed by atoms with Crippen LogP contribution >= 0.6 is 0 Å². The molecule has 0 fully saturated rings. The summed E-state index contributed by atoms with van der Waals surface area (Å²) in [6.45, 7) is 0. The maximum absolute atomic E-state index is 6.82. The van der Waals surface area contributed by atoms with Crippen LogP contribution in [0.1, 0.15) is 0 Å². The monoisotopic (exact) mass is 678 g/mol. The van der Waals surface area contributed by atoms with Crippen LogP contribution in [0, 0.1) is 0 Å². The van der Waals surface area contributed by atoms with Gasteiger partial charge < -0.3 is 9.32 Å². The van der Waals surface area contributed by atoms with Gasteiger partial charge in [-0.05, 0) is 82.2 Å². The van der Waals surface area contributed by atoms with Crippen molar-refractivity contribution in [3.63, 3.8) is 0 Å². The molecule has 0 amide bonds. The van der Waals surface area contributed by atoms with Gasteiger partial charge in [0.05, 0.1) is 11.0 Å². The van der Waals surface area contributed by atoms with E-state index in [9.17, 15) is 0 Å². The Balaban J connectivity index is 1.26. The number of nitrogens with zero attached hydrogens (tertiary/aromatic N) is 4. The molecule has 0 saturated carbocycles. The van der Waals surface area contributed by atoms with E-state index in [0.717, 1.165) is 71.7 Å². The summed E-state index contributed by atoms with van der Waals surface area (Å²) in [6, 6.07) is 63.8. The average molecular weight is 679 g/mol. The van der Waals surface area contributed by atoms with E-state index in [1.807, 2.05) is 18.2 Å². The molecule has 0 aliphatic carbocycles. The van der Waals surface area contributed by atoms with Crippen LogP contribution in [-0.4, -0.2) is 14.5 Å². The van der Waals surface area contributed by atoms with Crippen molar-refractivity contribution >= 4 is 82.5 Å². The van der Waals surface area contributed by atoms with Crippen LogP contribution in [0.15, 0.2) is 186 Å². The molecule has 0 unspecified atom stereocenters. The lowest BCUT2D eigenvalue weighted by molar-refractivity contribution is 0.663. The molecule has 8 aromatic carbocycles. The average Bonchev–Trinajstić information content (AvgIpc) is 3.76. The van der Waals surface area contributed by atoms with Crippen LogP contribution in [0.25, 0.3) is 82.6 Å². The Hall–Kier alpha value is -7.24. The van der Waals surface area contributed by atoms with E-state index >= 15 is 0 Å². The van der Waals surface area contributed by atoms with Gasteiger partial charge in [0, 0.05) is 38.8 Å². The molecule has 5 nitrogen and oxygen atoms in total. The summed E-state index contributed by atoms with van der Waals surface area (Å²) < 4.78 is 9.09. The molecular weight excluding hydrogens is 649 g/mol. The van der Waals surface area contributed by atoms with Crippen molar-refractivity contribution in [1.82, 2.24) is 14.5 Å². The highest BCUT2D eigenvalue weighted by Crippen LogP contribution is 2.43. The fourth-order valence-corrected chi connectivity index (χ4v) is 7.93. The van der Waals surface area contributed by atoms with E-state index in [2.05, 4.69) is 173 Å². The number of hydrogen-bond acceptors (Lipinski definition) is 4. The second kappa shape index (κ2) is 11.7. The first-order valence-electron chi connectivity index (χ1n) is 17.8. The second-order valence-corrected chi connectivity index (χ2v) is 13.4. The molecule has 11 rings (SSSR count). The number of aromatic nitrogens is 3. The number of rotatable bonds is 5. The maximum Gasteiger partial charge on any atom is 0.197 e. The van der Waals surface area contributed by atoms with Gasteiger partial charge in [0.2, 0.25) is 0 Å². The highest BCUT2D eigenvalue weighted by Gasteiger charge is 2.24. The molecule has 0 radical (unpaired) electrons. The number of hydrogen-bond donors (Lipinski definition) is 0. The molecule has 0 atom stereocenters. The van der Waals surface area contributed by atoms with Crippen molar-refractivity contribution < 1.29 is 4.42 Å². The minimum Gasteiger partial charge on any atom is -0.450 e. The van der Waals surface area contributed by atoms with Crippen molar-refractivity contribution in [3.8, 4) is 17.2 Å². The van der Waals surface area contributed by atoms with Crippen molar-refractivity contribution in [2.75, 3.05) is 4.90 Å². The minimum atomic E-state index is 0.649. The van der Waals surface area contributed by atoms with Crippen molar-refractivity contribution in [2.24, 2.45) is 0 Å². The van der Waals surface area contributed by atoms with Crippen LogP contribution in [0.3, 0.4) is 0 Å². The molecule has 0 N–H and O–H groups in total. The lowest BCUT2D eigenvalue weighted by Gasteiger charge is -2.25. The Kier molecular flexibility index (Phi) is 6.48. The van der Waals surface area contributed by atoms with Crippen molar-refractivity contribution in [3.05, 3.63) is 182 Å². The summed E-state index contributed by atoms with van der Waals surface area (Å²) in [5, 5.41) is 7.88. The highest BCUT2D eigenvalue weighted by atomic mass is 16.3. The predicted molar refractivity (Wildman–Crippen MR) is 219 cm³/mol. The lowest BCUT2D eigenvalue weighted by atomic mass is 10.0. The summed E-state index contributed by atoms with van der Waals surface area (Å²) in [6.07, 6.45) is 0. The van der Waals surface area contributed by atoms with E-state index < -0.39 is 0 Å². The molecule has 0 bridgehead atoms. The van der Waals surface area contributed by atoms with Crippen molar-refractivity contribution in [1.29, 1.82) is 0 Å². The zero-order chi connectivity index (χ0) is 34.9. The normalized spacial score (nSPS) is 11.8. The van der Waals surface area contributed by atoms with E-state index in [1.54, 1.807) is 0 Å². The van der Waals surface area contributed by atoms with Gasteiger partial charge in [0.15, 0.2) is 17.2 Å². The first-order chi connectivity index (χ1) is 26.3. The lowest BCUT2D eigenvalue weighted by Crippen LogP contribution is -2.09. The molecule has 53 heavy (non-hydrogen) atoms. The van der Waals surface area contributed by atoms with E-state index in [4.69, 9.17) is 14.4 Å². The van der Waals surface area contributed by atoms with Gasteiger partial charge in [0.1, 0.15) is 11.1 Å². The van der Waals surface area contributed by atoms with E-state index in [-0.39, 0.29) is 0 Å². The molecule has 11 aromatic rings. The molecule has 0 aliphatic rings. The maximum atomic E-state index is 6.82. The van der Waals surface area contributed by atoms with Crippen LogP contribution in [-0.2, 0) is 0 Å². The number of fused-ring (bicyclic) bond motifs is 9. The smallest absolute Gasteiger partial charge is 0.197 e. The van der Waals surface area contributed by atoms with E-state index in [1.165, 1.54) is 10.8 Å². The van der Waals surface area contributed by atoms with Gasteiger partial charge in [-0.1, -0.05) is 121 Å². The van der Waals surface area contributed by atoms with Crippen LogP contribution in [0.5, 0.6) is 0 Å². The topological polar surface area (TPSA) is 47.1 Å². The Morgan fingerprint density at radius 2 is 1.08 bits per heavy atom. The Bertz CT molecular complexity index is 3130. The van der Waals surface area contributed by atoms with E-state index in [0.29, 0.717) is 17.2 Å². The highest BCUT2D eigenvalue weighted by molar-refractivity contribution is 6.22. The standard InChI is InChI=1S/C48H30N4O/c1-4-15-32(16-5-1)47-49-45-40-28-33-17-10-11-18-34(33)29-43(40)53-46(45)48(50-47)52-41-27-25-37(51(35-19-6-2-7-20-35)36-21-8-3-9-22-36)30-39(41)44-38-23-13-12-14-31(38)24-26-42(44)52/h1-30H. The number of furan rings is 1. The summed E-state index contributed by atoms with van der Waals surface area (Å²) in [4.78, 5) is 12.9. The summed E-state index contributed by atoms with van der Waals surface area (Å²) in [7, 11) is 0. The van der Waals surface area contributed by atoms with Gasteiger partial charge in [-0.2, -0.15) is 0 Å². The van der Waals surface area contributed by atoms with Gasteiger partial charge in [-0.25, -0.2) is 9.97 Å². The van der Waals surface area contributed by atoms with Crippen LogP contribution in [0.2, 0.25) is 0 Å². The number of para-hydroxylation sites is 2. The molecule has 0 spiro atoms. The zero-order valence-electron chi connectivity index (χ0n) is 28.5. The third kappa shape index (κ3) is 4.64. The minimum absolute atomic E-state index is 0.649. The van der Waals surface area contributed by atoms with Crippen molar-refractivity contribution in [2.45, 2.75) is 0 Å². The molecule has 3 aromatic heterocycles. The molecular formula is C48H30N4O. The molecule has 5 heteroatoms. The fraction of sp³-hybridized carbons (Fsp3) is 0. The Morgan fingerprint density at radius 3 is 1.81 bits per heavy atom. The zero-order valence-corrected chi connectivity index (χ0v) is 28.5. The first-order valence-corrected chi connectivity index (χ1v) is 17.8. The third-order valence-corrected chi connectivity index (χ3v) is 10.3. The summed E-state index contributed by atoms with van der Waals surface area (Å²) in [5.74, 6) is 1.36. The molecule has 0 aliphatic heterocycles. The molecule has 248 valence electrons. The van der Waals surface area contributed by atoms with Gasteiger partial charge in [0.25, 0.3) is 0 Å². The van der Waals surface area contributed by atoms with Crippen LogP contribution < -0.4 is 4.90 Å². The summed E-state index contributed by atoms with van der Waals surface area (Å²) in [5.41, 5.74) is 8.50. The Morgan fingerprint density at radius 1 is 0.453 bits per heavy atom.